The van der Waals surface area contributed by atoms with Crippen LogP contribution in [-0.4, -0.2) is 11.9 Å². The van der Waals surface area contributed by atoms with Gasteiger partial charge in [-0.1, -0.05) is 18.2 Å². The van der Waals surface area contributed by atoms with Gasteiger partial charge in [-0.05, 0) is 18.6 Å². The molecule has 0 fully saturated rings. The number of rotatable bonds is 5. The molecule has 16 heavy (non-hydrogen) atoms. The molecule has 0 saturated carbocycles. The lowest BCUT2D eigenvalue weighted by atomic mass is 10.1. The summed E-state index contributed by atoms with van der Waals surface area (Å²) in [6.07, 6.45) is -2.48. The lowest BCUT2D eigenvalue weighted by Gasteiger charge is -2.10. The van der Waals surface area contributed by atoms with Gasteiger partial charge in [0.25, 0.3) is 6.43 Å². The molecule has 1 unspecified atom stereocenters. The van der Waals surface area contributed by atoms with E-state index in [9.17, 15) is 13.6 Å². The van der Waals surface area contributed by atoms with Crippen LogP contribution in [-0.2, 0) is 11.3 Å². The van der Waals surface area contributed by atoms with Crippen molar-refractivity contribution in [1.82, 2.24) is 5.32 Å². The fraction of sp³-hybridized carbons (Fsp3) is 0.364. The third-order valence-electron chi connectivity index (χ3n) is 2.24. The van der Waals surface area contributed by atoms with Gasteiger partial charge in [-0.2, -0.15) is 0 Å². The van der Waals surface area contributed by atoms with E-state index in [0.717, 1.165) is 0 Å². The molecule has 0 bridgehead atoms. The maximum Gasteiger partial charge on any atom is 0.263 e. The third kappa shape index (κ3) is 3.58. The quantitative estimate of drug-likeness (QED) is 0.804. The van der Waals surface area contributed by atoms with E-state index in [-0.39, 0.29) is 5.56 Å². The van der Waals surface area contributed by atoms with Crippen molar-refractivity contribution in [2.45, 2.75) is 25.9 Å². The standard InChI is InChI=1S/C11H14F2N2O/c1-7(11(14)16)15-6-8-3-2-4-9(5-8)10(12)13/h2-5,7,10,15H,6H2,1H3,(H2,14,16). The Morgan fingerprint density at radius 3 is 2.75 bits per heavy atom. The second kappa shape index (κ2) is 5.55. The monoisotopic (exact) mass is 228 g/mol. The number of benzene rings is 1. The molecule has 5 heteroatoms. The summed E-state index contributed by atoms with van der Waals surface area (Å²) in [4.78, 5) is 10.7. The molecule has 3 nitrogen and oxygen atoms in total. The van der Waals surface area contributed by atoms with Crippen LogP contribution in [0.25, 0.3) is 0 Å². The molecule has 0 aliphatic carbocycles. The Balaban J connectivity index is 2.60. The van der Waals surface area contributed by atoms with Crippen LogP contribution in [0.2, 0.25) is 0 Å². The van der Waals surface area contributed by atoms with E-state index in [0.29, 0.717) is 12.1 Å². The Labute approximate surface area is 92.6 Å². The molecule has 0 radical (unpaired) electrons. The van der Waals surface area contributed by atoms with Gasteiger partial charge >= 0.3 is 0 Å². The summed E-state index contributed by atoms with van der Waals surface area (Å²) in [5.41, 5.74) is 5.73. The van der Waals surface area contributed by atoms with Crippen LogP contribution in [0.1, 0.15) is 24.5 Å². The maximum absolute atomic E-state index is 12.4. The highest BCUT2D eigenvalue weighted by Crippen LogP contribution is 2.19. The lowest BCUT2D eigenvalue weighted by Crippen LogP contribution is -2.38. The Kier molecular flexibility index (Phi) is 4.37. The summed E-state index contributed by atoms with van der Waals surface area (Å²) in [5.74, 6) is -0.468. The number of amides is 1. The average molecular weight is 228 g/mol. The average Bonchev–Trinajstić information content (AvgIpc) is 2.26. The molecule has 1 aromatic rings. The van der Waals surface area contributed by atoms with E-state index in [1.807, 2.05) is 0 Å². The van der Waals surface area contributed by atoms with Crippen molar-refractivity contribution in [3.63, 3.8) is 0 Å². The molecule has 1 atom stereocenters. The molecule has 0 heterocycles. The van der Waals surface area contributed by atoms with E-state index in [2.05, 4.69) is 5.32 Å². The Morgan fingerprint density at radius 2 is 2.19 bits per heavy atom. The number of hydrogen-bond acceptors (Lipinski definition) is 2. The normalized spacial score (nSPS) is 12.8. The number of hydrogen-bond donors (Lipinski definition) is 2. The van der Waals surface area contributed by atoms with Crippen LogP contribution in [0.15, 0.2) is 24.3 Å². The van der Waals surface area contributed by atoms with Crippen molar-refractivity contribution in [1.29, 1.82) is 0 Å². The summed E-state index contributed by atoms with van der Waals surface area (Å²) in [6, 6.07) is 5.58. The molecule has 0 spiro atoms. The van der Waals surface area contributed by atoms with Gasteiger partial charge in [0.05, 0.1) is 6.04 Å². The largest absolute Gasteiger partial charge is 0.368 e. The number of nitrogens with one attached hydrogen (secondary N) is 1. The van der Waals surface area contributed by atoms with Crippen molar-refractivity contribution >= 4 is 5.91 Å². The van der Waals surface area contributed by atoms with Gasteiger partial charge in [-0.3, -0.25) is 4.79 Å². The SMILES string of the molecule is CC(NCc1cccc(C(F)F)c1)C(N)=O. The summed E-state index contributed by atoms with van der Waals surface area (Å²) < 4.78 is 24.8. The fourth-order valence-corrected chi connectivity index (χ4v) is 1.21. The maximum atomic E-state index is 12.4. The van der Waals surface area contributed by atoms with Crippen LogP contribution in [0.5, 0.6) is 0 Å². The molecular formula is C11H14F2N2O. The zero-order chi connectivity index (χ0) is 12.1. The van der Waals surface area contributed by atoms with E-state index in [4.69, 9.17) is 5.73 Å². The predicted molar refractivity (Wildman–Crippen MR) is 56.9 cm³/mol. The lowest BCUT2D eigenvalue weighted by molar-refractivity contribution is -0.119. The summed E-state index contributed by atoms with van der Waals surface area (Å²) >= 11 is 0. The first kappa shape index (κ1) is 12.6. The molecule has 0 aromatic heterocycles. The minimum Gasteiger partial charge on any atom is -0.368 e. The Bertz CT molecular complexity index is 369. The van der Waals surface area contributed by atoms with E-state index in [1.54, 1.807) is 19.1 Å². The fourth-order valence-electron chi connectivity index (χ4n) is 1.21. The van der Waals surface area contributed by atoms with Crippen LogP contribution < -0.4 is 11.1 Å². The molecule has 0 aliphatic rings. The van der Waals surface area contributed by atoms with Gasteiger partial charge in [0, 0.05) is 12.1 Å². The van der Waals surface area contributed by atoms with Crippen molar-refractivity contribution in [2.24, 2.45) is 5.73 Å². The van der Waals surface area contributed by atoms with Gasteiger partial charge in [-0.15, -0.1) is 0 Å². The zero-order valence-corrected chi connectivity index (χ0v) is 8.91. The minimum atomic E-state index is -2.48. The van der Waals surface area contributed by atoms with Crippen LogP contribution in [0, 0.1) is 0 Å². The van der Waals surface area contributed by atoms with Gasteiger partial charge < -0.3 is 11.1 Å². The number of halogens is 2. The highest BCUT2D eigenvalue weighted by atomic mass is 19.3. The first-order valence-electron chi connectivity index (χ1n) is 4.90. The Morgan fingerprint density at radius 1 is 1.50 bits per heavy atom. The summed E-state index contributed by atoms with van der Waals surface area (Å²) in [6.45, 7) is 1.96. The topological polar surface area (TPSA) is 55.1 Å². The van der Waals surface area contributed by atoms with E-state index >= 15 is 0 Å². The molecule has 1 aromatic carbocycles. The molecule has 88 valence electrons. The van der Waals surface area contributed by atoms with Crippen molar-refractivity contribution in [2.75, 3.05) is 0 Å². The molecular weight excluding hydrogens is 214 g/mol. The first-order chi connectivity index (χ1) is 7.50. The molecule has 1 amide bonds. The van der Waals surface area contributed by atoms with Crippen LogP contribution >= 0.6 is 0 Å². The van der Waals surface area contributed by atoms with Gasteiger partial charge in [-0.25, -0.2) is 8.78 Å². The Hall–Kier alpha value is -1.49. The highest BCUT2D eigenvalue weighted by molar-refractivity contribution is 5.79. The highest BCUT2D eigenvalue weighted by Gasteiger charge is 2.09. The van der Waals surface area contributed by atoms with Gasteiger partial charge in [0.2, 0.25) is 5.91 Å². The predicted octanol–water partition coefficient (Wildman–Crippen LogP) is 1.59. The molecule has 0 saturated heterocycles. The van der Waals surface area contributed by atoms with E-state index in [1.165, 1.54) is 12.1 Å². The number of alkyl halides is 2. The third-order valence-corrected chi connectivity index (χ3v) is 2.24. The van der Waals surface area contributed by atoms with Crippen molar-refractivity contribution in [3.8, 4) is 0 Å². The smallest absolute Gasteiger partial charge is 0.263 e. The second-order valence-electron chi connectivity index (χ2n) is 3.55. The number of nitrogens with two attached hydrogens (primary N) is 1. The van der Waals surface area contributed by atoms with Crippen LogP contribution in [0.3, 0.4) is 0 Å². The summed E-state index contributed by atoms with van der Waals surface area (Å²) in [7, 11) is 0. The number of carbonyl (C=O) groups is 1. The summed E-state index contributed by atoms with van der Waals surface area (Å²) in [5, 5.41) is 2.85. The number of primary amides is 1. The minimum absolute atomic E-state index is 0.0222. The van der Waals surface area contributed by atoms with Gasteiger partial charge in [0.1, 0.15) is 0 Å². The van der Waals surface area contributed by atoms with Crippen LogP contribution in [0.4, 0.5) is 8.78 Å². The first-order valence-corrected chi connectivity index (χ1v) is 4.90. The molecule has 3 N–H and O–H groups in total. The molecule has 0 aliphatic heterocycles. The van der Waals surface area contributed by atoms with Crippen molar-refractivity contribution in [3.05, 3.63) is 35.4 Å². The second-order valence-corrected chi connectivity index (χ2v) is 3.55. The zero-order valence-electron chi connectivity index (χ0n) is 8.91. The molecule has 1 rings (SSSR count). The van der Waals surface area contributed by atoms with Gasteiger partial charge in [0.15, 0.2) is 0 Å². The number of carbonyl (C=O) groups excluding carboxylic acids is 1. The van der Waals surface area contributed by atoms with Crippen molar-refractivity contribution < 1.29 is 13.6 Å². The van der Waals surface area contributed by atoms with E-state index < -0.39 is 18.4 Å².